The molecule has 4 aliphatic carbocycles. The molecule has 0 nitrogen and oxygen atoms in total. The SMILES string of the molecule is CC(C)(C)c1ccc(C=CC(=C(c2ccccc2)C23CC4CC(C2)CC(C(=C(C=Cc2ccc(C(C)(C)C)cc2)c2ccccc2)c2ccccc2)(C4)C3(C(=C(C=Cc2ccc(C(C)(C)C)cc2)c2ccccc2)c2ccccc2)C(=C(C=Cc2ccc(C(C)(C)C)cc2)c2ccccc2)c2ccccc2)c2ccccc2)cc1. The molecular weight excluding hydrogens is 1370 g/mol. The Kier molecular flexibility index (Phi) is 22.2. The average Bonchev–Trinajstić information content (AvgIpc) is 0.636. The van der Waals surface area contributed by atoms with Gasteiger partial charge in [-0.1, -0.05) is 471 Å². The normalized spacial score (nSPS) is 20.1. The van der Waals surface area contributed by atoms with Crippen molar-refractivity contribution in [1.29, 1.82) is 0 Å². The molecule has 0 unspecified atom stereocenters. The van der Waals surface area contributed by atoms with E-state index in [2.05, 4.69) is 471 Å². The van der Waals surface area contributed by atoms with Gasteiger partial charge >= 0.3 is 0 Å². The molecule has 0 amide bonds. The molecule has 12 aromatic rings. The summed E-state index contributed by atoms with van der Waals surface area (Å²) in [5.41, 5.74) is 26.7. The van der Waals surface area contributed by atoms with Crippen LogP contribution >= 0.6 is 0 Å². The smallest absolute Gasteiger partial charge is 0.0421 e. The fraction of sp³-hybridized carbons (Fsp3) is 0.228. The summed E-state index contributed by atoms with van der Waals surface area (Å²) < 4.78 is 0. The van der Waals surface area contributed by atoms with Gasteiger partial charge in [0.2, 0.25) is 0 Å². The third-order valence-electron chi connectivity index (χ3n) is 24.9. The molecule has 0 aliphatic heterocycles. The van der Waals surface area contributed by atoms with Gasteiger partial charge < -0.3 is 0 Å². The molecule has 0 radical (unpaired) electrons. The highest BCUT2D eigenvalue weighted by atomic mass is 14.8. The third-order valence-corrected chi connectivity index (χ3v) is 24.9. The van der Waals surface area contributed by atoms with Crippen molar-refractivity contribution in [2.75, 3.05) is 0 Å². The predicted molar refractivity (Wildman–Crippen MR) is 493 cm³/mol. The number of allylic oxidation sites excluding steroid dienone is 12. The maximum absolute atomic E-state index is 2.56. The quantitative estimate of drug-likeness (QED) is 0.0527. The zero-order valence-electron chi connectivity index (χ0n) is 69.1. The fourth-order valence-corrected chi connectivity index (χ4v) is 19.8. The summed E-state index contributed by atoms with van der Waals surface area (Å²) in [5.74, 6) is 0.533. The number of hydrogen-bond acceptors (Lipinski definition) is 0. The molecule has 4 aliphatic rings. The lowest BCUT2D eigenvalue weighted by atomic mass is 9.26. The minimum Gasteiger partial charge on any atom is -0.0622 e. The summed E-state index contributed by atoms with van der Waals surface area (Å²) >= 11 is 0. The first kappa shape index (κ1) is 77.9. The molecule has 568 valence electrons. The van der Waals surface area contributed by atoms with Crippen LogP contribution in [0.1, 0.15) is 204 Å². The molecule has 4 bridgehead atoms. The van der Waals surface area contributed by atoms with Crippen LogP contribution in [0.3, 0.4) is 0 Å². The van der Waals surface area contributed by atoms with Gasteiger partial charge in [-0.15, -0.1) is 0 Å². The Morgan fingerprint density at radius 3 is 0.588 bits per heavy atom. The molecule has 12 aromatic carbocycles. The van der Waals surface area contributed by atoms with Crippen LogP contribution in [0.2, 0.25) is 0 Å². The second-order valence-electron chi connectivity index (χ2n) is 36.6. The van der Waals surface area contributed by atoms with Crippen molar-refractivity contribution in [2.24, 2.45) is 28.1 Å². The summed E-state index contributed by atoms with van der Waals surface area (Å²) in [6, 6.07) is 131. The molecule has 0 N–H and O–H groups in total. The number of benzene rings is 12. The average molecular weight is 1480 g/mol. The fourth-order valence-electron chi connectivity index (χ4n) is 19.8. The second-order valence-corrected chi connectivity index (χ2v) is 36.6. The Balaban J connectivity index is 1.27. The van der Waals surface area contributed by atoms with Crippen molar-refractivity contribution in [3.05, 3.63) is 453 Å². The predicted octanol–water partition coefficient (Wildman–Crippen LogP) is 30.7. The lowest BCUT2D eigenvalue weighted by molar-refractivity contribution is -0.119. The molecule has 114 heavy (non-hydrogen) atoms. The van der Waals surface area contributed by atoms with Crippen LogP contribution in [0.25, 0.3) is 68.9 Å². The lowest BCUT2D eigenvalue weighted by Gasteiger charge is -2.76. The monoisotopic (exact) mass is 1480 g/mol. The van der Waals surface area contributed by atoms with E-state index in [1.807, 2.05) is 0 Å². The van der Waals surface area contributed by atoms with Crippen LogP contribution in [0.15, 0.2) is 364 Å². The van der Waals surface area contributed by atoms with Gasteiger partial charge in [0, 0.05) is 16.2 Å². The second kappa shape index (κ2) is 32.6. The standard InChI is InChI=1S/C114H112/c1-108(2,3)96-65-53-82(54-66-96)61-73-100(88-37-21-13-22-38-88)104(92-45-29-17-30-46-92)112-78-86-77-87(79-112)81-113(80-86,105(93-47-31-18-32-48-93)101(89-39-23-14-24-40-89)74-62-83-55-67-97(68-56-83)109(4,5)6)114(112,106(94-49-33-19-34-50-94)102(90-41-25-15-26-42-90)75-63-84-57-69-98(70-58-84)110(7,8)9)107(95-51-35-20-36-52-95)103(91-43-27-16-28-44-91)76-64-85-59-71-99(72-60-85)111(10,11)12/h13-76,86-87H,77-81H2,1-12H3. The molecule has 0 heteroatoms. The Bertz CT molecular complexity index is 5180. The van der Waals surface area contributed by atoms with Crippen molar-refractivity contribution >= 4 is 68.9 Å². The lowest BCUT2D eigenvalue weighted by Crippen LogP contribution is -2.67. The first-order chi connectivity index (χ1) is 55.0. The Hall–Kier alpha value is -11.4. The van der Waals surface area contributed by atoms with Gasteiger partial charge in [0.05, 0.1) is 0 Å². The molecular formula is C114H112. The molecule has 16 rings (SSSR count). The van der Waals surface area contributed by atoms with E-state index in [1.54, 1.807) is 0 Å². The molecule has 4 saturated carbocycles. The molecule has 0 spiro atoms. The van der Waals surface area contributed by atoms with Crippen LogP contribution in [-0.2, 0) is 21.7 Å². The van der Waals surface area contributed by atoms with Gasteiger partial charge in [-0.25, -0.2) is 0 Å². The van der Waals surface area contributed by atoms with E-state index in [4.69, 9.17) is 0 Å². The van der Waals surface area contributed by atoms with Crippen LogP contribution in [0.5, 0.6) is 0 Å². The van der Waals surface area contributed by atoms with Crippen molar-refractivity contribution in [3.8, 4) is 0 Å². The van der Waals surface area contributed by atoms with Crippen LogP contribution in [0, 0.1) is 28.1 Å². The first-order valence-corrected chi connectivity index (χ1v) is 41.6. The van der Waals surface area contributed by atoms with E-state index in [0.717, 1.165) is 65.5 Å². The topological polar surface area (TPSA) is 0 Å². The van der Waals surface area contributed by atoms with Gasteiger partial charge in [-0.05, 0) is 199 Å². The molecule has 4 fully saturated rings. The van der Waals surface area contributed by atoms with Crippen LogP contribution in [-0.4, -0.2) is 0 Å². The maximum Gasteiger partial charge on any atom is 0.0421 e. The van der Waals surface area contributed by atoms with Gasteiger partial charge in [0.15, 0.2) is 0 Å². The Labute approximate surface area is 682 Å². The highest BCUT2D eigenvalue weighted by molar-refractivity contribution is 6.16. The first-order valence-electron chi connectivity index (χ1n) is 41.6. The van der Waals surface area contributed by atoms with Crippen molar-refractivity contribution < 1.29 is 0 Å². The van der Waals surface area contributed by atoms with Crippen molar-refractivity contribution in [2.45, 2.75) is 137 Å². The molecule has 0 aromatic heterocycles. The Morgan fingerprint density at radius 1 is 0.219 bits per heavy atom. The van der Waals surface area contributed by atoms with Gasteiger partial charge in [-0.3, -0.25) is 0 Å². The summed E-state index contributed by atoms with van der Waals surface area (Å²) in [6.07, 6.45) is 24.7. The highest BCUT2D eigenvalue weighted by Crippen LogP contribution is 2.87. The van der Waals surface area contributed by atoms with Crippen molar-refractivity contribution in [1.82, 2.24) is 0 Å². The molecule has 0 atom stereocenters. The largest absolute Gasteiger partial charge is 0.0622 e. The number of hydrogen-bond donors (Lipinski definition) is 0. The van der Waals surface area contributed by atoms with Crippen LogP contribution < -0.4 is 0 Å². The van der Waals surface area contributed by atoms with E-state index in [9.17, 15) is 0 Å². The van der Waals surface area contributed by atoms with E-state index < -0.39 is 16.2 Å². The number of rotatable bonds is 20. The van der Waals surface area contributed by atoms with E-state index in [1.165, 1.54) is 100 Å². The maximum atomic E-state index is 2.56. The van der Waals surface area contributed by atoms with E-state index in [0.29, 0.717) is 0 Å². The summed E-state index contributed by atoms with van der Waals surface area (Å²) in [4.78, 5) is 0. The van der Waals surface area contributed by atoms with Gasteiger partial charge in [-0.2, -0.15) is 0 Å². The molecule has 0 heterocycles. The summed E-state index contributed by atoms with van der Waals surface area (Å²) in [7, 11) is 0. The summed E-state index contributed by atoms with van der Waals surface area (Å²) in [6.45, 7) is 27.8. The minimum absolute atomic E-state index is 0.0140. The van der Waals surface area contributed by atoms with Crippen LogP contribution in [0.4, 0.5) is 0 Å². The zero-order valence-corrected chi connectivity index (χ0v) is 69.1. The minimum atomic E-state index is -1.12. The Morgan fingerprint density at radius 2 is 0.395 bits per heavy atom. The molecule has 0 saturated heterocycles. The van der Waals surface area contributed by atoms with Gasteiger partial charge in [0.25, 0.3) is 0 Å². The van der Waals surface area contributed by atoms with Crippen molar-refractivity contribution in [3.63, 3.8) is 0 Å². The van der Waals surface area contributed by atoms with E-state index in [-0.39, 0.29) is 33.5 Å². The van der Waals surface area contributed by atoms with Gasteiger partial charge in [0.1, 0.15) is 0 Å². The highest BCUT2D eigenvalue weighted by Gasteiger charge is 2.77. The third kappa shape index (κ3) is 15.9. The summed E-state index contributed by atoms with van der Waals surface area (Å²) in [5, 5.41) is 0. The van der Waals surface area contributed by atoms with E-state index >= 15 is 0 Å². The zero-order chi connectivity index (χ0) is 79.3.